The Hall–Kier alpha value is -0.970. The number of hydrogen-bond acceptors (Lipinski definition) is 6. The Kier molecular flexibility index (Phi) is 5.39. The average Bonchev–Trinajstić information content (AvgIpc) is 2.92. The summed E-state index contributed by atoms with van der Waals surface area (Å²) in [5.41, 5.74) is 0.567. The number of primary sulfonamides is 1. The molecule has 10 heteroatoms. The van der Waals surface area contributed by atoms with Crippen LogP contribution >= 0.6 is 11.3 Å². The number of sulfone groups is 1. The maximum atomic E-state index is 13.0. The van der Waals surface area contributed by atoms with E-state index < -0.39 is 35.3 Å². The third-order valence-corrected chi connectivity index (χ3v) is 10.5. The summed E-state index contributed by atoms with van der Waals surface area (Å²) in [6.07, 6.45) is 0.205. The normalized spacial score (nSPS) is 22.4. The van der Waals surface area contributed by atoms with Crippen LogP contribution in [-0.2, 0) is 37.5 Å². The van der Waals surface area contributed by atoms with Crippen molar-refractivity contribution in [1.29, 1.82) is 0 Å². The number of nitrogens with one attached hydrogen (secondary N) is 1. The summed E-state index contributed by atoms with van der Waals surface area (Å²) in [5.74, 6) is -0.284. The topological polar surface area (TPSA) is 123 Å². The summed E-state index contributed by atoms with van der Waals surface area (Å²) in [5, 5.41) is 7.96. The molecule has 3 N–H and O–H groups in total. The lowest BCUT2D eigenvalue weighted by Gasteiger charge is -2.23. The number of thiophene rings is 1. The molecule has 0 aromatic carbocycles. The zero-order chi connectivity index (χ0) is 20.1. The Morgan fingerprint density at radius 1 is 1.42 bits per heavy atom. The van der Waals surface area contributed by atoms with Gasteiger partial charge in [-0.2, -0.15) is 0 Å². The lowest BCUT2D eigenvalue weighted by atomic mass is 10.0. The third-order valence-electron chi connectivity index (χ3n) is 4.71. The van der Waals surface area contributed by atoms with Crippen molar-refractivity contribution in [3.63, 3.8) is 0 Å². The van der Waals surface area contributed by atoms with E-state index in [-0.39, 0.29) is 23.0 Å². The van der Waals surface area contributed by atoms with Gasteiger partial charge in [0.1, 0.15) is 4.21 Å². The average molecular weight is 423 g/mol. The number of carbonyl (C=O) groups is 1. The Morgan fingerprint density at radius 2 is 2.00 bits per heavy atom. The predicted octanol–water partition coefficient (Wildman–Crippen LogP) is 1.22. The van der Waals surface area contributed by atoms with Crippen LogP contribution in [0.2, 0.25) is 0 Å². The van der Waals surface area contributed by atoms with Gasteiger partial charge in [-0.25, -0.2) is 22.0 Å². The van der Waals surface area contributed by atoms with Crippen LogP contribution in [0.15, 0.2) is 10.3 Å². The quantitative estimate of drug-likeness (QED) is 0.713. The first-order valence-corrected chi connectivity index (χ1v) is 12.1. The van der Waals surface area contributed by atoms with Gasteiger partial charge in [-0.05, 0) is 38.3 Å². The molecule has 1 amide bonds. The second-order valence-corrected chi connectivity index (χ2v) is 13.9. The summed E-state index contributed by atoms with van der Waals surface area (Å²) in [6.45, 7) is 8.73. The molecule has 0 bridgehead atoms. The van der Waals surface area contributed by atoms with Gasteiger partial charge in [0.2, 0.25) is 25.8 Å². The zero-order valence-corrected chi connectivity index (χ0v) is 18.1. The highest BCUT2D eigenvalue weighted by Gasteiger charge is 2.54. The lowest BCUT2D eigenvalue weighted by Crippen LogP contribution is -2.49. The van der Waals surface area contributed by atoms with Crippen LogP contribution in [0.1, 0.15) is 45.1 Å². The van der Waals surface area contributed by atoms with Gasteiger partial charge in [-0.3, -0.25) is 4.79 Å². The molecule has 26 heavy (non-hydrogen) atoms. The van der Waals surface area contributed by atoms with Crippen molar-refractivity contribution in [2.24, 2.45) is 11.1 Å². The minimum absolute atomic E-state index is 0.0842. The third kappa shape index (κ3) is 3.56. The van der Waals surface area contributed by atoms with Crippen molar-refractivity contribution in [3.05, 3.63) is 16.5 Å². The van der Waals surface area contributed by atoms with E-state index in [4.69, 9.17) is 5.14 Å². The van der Waals surface area contributed by atoms with Crippen molar-refractivity contribution >= 4 is 37.1 Å². The smallest absolute Gasteiger partial charge is 0.241 e. The monoisotopic (exact) mass is 422 g/mol. The molecule has 2 heterocycles. The molecule has 2 rings (SSSR count). The molecule has 1 aliphatic rings. The molecule has 1 aromatic heterocycles. The highest BCUT2D eigenvalue weighted by atomic mass is 32.2. The summed E-state index contributed by atoms with van der Waals surface area (Å²) in [7, 11) is -7.62. The van der Waals surface area contributed by atoms with E-state index in [0.717, 1.165) is 11.3 Å². The summed E-state index contributed by atoms with van der Waals surface area (Å²) in [6, 6.07) is 1.69. The summed E-state index contributed by atoms with van der Waals surface area (Å²) >= 11 is 1.03. The summed E-state index contributed by atoms with van der Waals surface area (Å²) < 4.78 is 46.8. The van der Waals surface area contributed by atoms with E-state index in [1.54, 1.807) is 6.07 Å². The highest BCUT2D eigenvalue weighted by Crippen LogP contribution is 2.45. The number of amides is 1. The maximum Gasteiger partial charge on any atom is 0.241 e. The maximum absolute atomic E-state index is 13.0. The van der Waals surface area contributed by atoms with E-state index >= 15 is 0 Å². The van der Waals surface area contributed by atoms with Crippen molar-refractivity contribution in [3.8, 4) is 0 Å². The number of carbonyl (C=O) groups excluding carboxylic acids is 1. The van der Waals surface area contributed by atoms with Crippen LogP contribution in [0.3, 0.4) is 0 Å². The van der Waals surface area contributed by atoms with E-state index in [2.05, 4.69) is 5.32 Å². The van der Waals surface area contributed by atoms with Crippen molar-refractivity contribution in [2.45, 2.75) is 61.2 Å². The molecule has 0 saturated heterocycles. The van der Waals surface area contributed by atoms with E-state index in [1.807, 2.05) is 13.8 Å². The number of fused-ring (bicyclic) bond motifs is 1. The van der Waals surface area contributed by atoms with Gasteiger partial charge in [-0.1, -0.05) is 13.8 Å². The van der Waals surface area contributed by atoms with Gasteiger partial charge < -0.3 is 5.32 Å². The van der Waals surface area contributed by atoms with Gasteiger partial charge in [-0.15, -0.1) is 11.3 Å². The first-order chi connectivity index (χ1) is 11.6. The number of hydrogen-bond donors (Lipinski definition) is 2. The fourth-order valence-electron chi connectivity index (χ4n) is 2.77. The van der Waals surface area contributed by atoms with Crippen molar-refractivity contribution < 1.29 is 21.6 Å². The molecule has 7 nitrogen and oxygen atoms in total. The Bertz CT molecular complexity index is 929. The van der Waals surface area contributed by atoms with Crippen LogP contribution in [-0.4, -0.2) is 38.8 Å². The van der Waals surface area contributed by atoms with E-state index in [0.29, 0.717) is 17.0 Å². The first kappa shape index (κ1) is 21.3. The standard InChI is InChI=1S/C16H26N2O5S3/c1-10(2)9-18-14(19)16(5)7-11-6-12(24-13(11)25(16,20)21)8-15(3,4)26(17,22)23/h6,10H,7-9H2,1-5H3,(H,18,19)(H2,17,22,23). The molecular formula is C16H26N2O5S3. The van der Waals surface area contributed by atoms with Crippen LogP contribution in [0, 0.1) is 5.92 Å². The molecular weight excluding hydrogens is 396 g/mol. The molecule has 0 aliphatic carbocycles. The number of nitrogens with two attached hydrogens (primary N) is 1. The fourth-order valence-corrected chi connectivity index (χ4v) is 7.22. The van der Waals surface area contributed by atoms with Crippen LogP contribution in [0.4, 0.5) is 0 Å². The predicted molar refractivity (Wildman–Crippen MR) is 102 cm³/mol. The fraction of sp³-hybridized carbons (Fsp3) is 0.688. The van der Waals surface area contributed by atoms with Crippen molar-refractivity contribution in [1.82, 2.24) is 5.32 Å². The largest absolute Gasteiger partial charge is 0.354 e. The Morgan fingerprint density at radius 3 is 2.46 bits per heavy atom. The molecule has 0 saturated carbocycles. The first-order valence-electron chi connectivity index (χ1n) is 8.29. The van der Waals surface area contributed by atoms with Crippen molar-refractivity contribution in [2.75, 3.05) is 6.54 Å². The molecule has 1 aromatic rings. The molecule has 1 unspecified atom stereocenters. The Balaban J connectivity index is 2.32. The minimum atomic E-state index is -3.84. The van der Waals surface area contributed by atoms with Gasteiger partial charge >= 0.3 is 0 Å². The number of rotatable bonds is 6. The van der Waals surface area contributed by atoms with E-state index in [9.17, 15) is 21.6 Å². The highest BCUT2D eigenvalue weighted by molar-refractivity contribution is 7.96. The SMILES string of the molecule is CC(C)CNC(=O)C1(C)Cc2cc(CC(C)(C)S(N)(=O)=O)sc2S1(=O)=O. The van der Waals surface area contributed by atoms with Gasteiger partial charge in [0.25, 0.3) is 0 Å². The van der Waals surface area contributed by atoms with Gasteiger partial charge in [0, 0.05) is 24.3 Å². The minimum Gasteiger partial charge on any atom is -0.354 e. The second-order valence-electron chi connectivity index (χ2n) is 8.02. The van der Waals surface area contributed by atoms with Crippen LogP contribution in [0.25, 0.3) is 0 Å². The van der Waals surface area contributed by atoms with Crippen LogP contribution in [0.5, 0.6) is 0 Å². The molecule has 1 aliphatic heterocycles. The molecule has 148 valence electrons. The summed E-state index contributed by atoms with van der Waals surface area (Å²) in [4.78, 5) is 13.1. The second kappa shape index (κ2) is 6.57. The zero-order valence-electron chi connectivity index (χ0n) is 15.6. The lowest BCUT2D eigenvalue weighted by molar-refractivity contribution is -0.123. The molecule has 0 spiro atoms. The molecule has 1 atom stereocenters. The molecule has 0 fully saturated rings. The molecule has 0 radical (unpaired) electrons. The van der Waals surface area contributed by atoms with E-state index in [1.165, 1.54) is 20.8 Å². The Labute approximate surface area is 159 Å². The van der Waals surface area contributed by atoms with Gasteiger partial charge in [0.15, 0.2) is 4.75 Å². The number of sulfonamides is 1. The van der Waals surface area contributed by atoms with Crippen LogP contribution < -0.4 is 10.5 Å². The van der Waals surface area contributed by atoms with Gasteiger partial charge in [0.05, 0.1) is 4.75 Å².